The van der Waals surface area contributed by atoms with Crippen molar-refractivity contribution in [2.45, 2.75) is 46.0 Å². The molecule has 0 saturated carbocycles. The minimum Gasteiger partial charge on any atom is -0.0622 e. The standard InChI is InChI=1S/C20H25I/c1-15(16-8-6-5-7-9-16)14-19(20(2,3)4)17-10-12-18(21)13-11-17/h5-13,15,19H,14H2,1-4H3. The van der Waals surface area contributed by atoms with Crippen molar-refractivity contribution >= 4 is 22.6 Å². The molecular weight excluding hydrogens is 367 g/mol. The van der Waals surface area contributed by atoms with Crippen molar-refractivity contribution in [3.05, 3.63) is 69.3 Å². The fourth-order valence-electron chi connectivity index (χ4n) is 2.96. The molecular formula is C20H25I. The lowest BCUT2D eigenvalue weighted by Gasteiger charge is -2.33. The second-order valence-electron chi connectivity index (χ2n) is 7.02. The molecule has 0 saturated heterocycles. The number of benzene rings is 2. The molecule has 2 atom stereocenters. The van der Waals surface area contributed by atoms with Gasteiger partial charge < -0.3 is 0 Å². The number of rotatable bonds is 4. The van der Waals surface area contributed by atoms with Crippen LogP contribution in [0.4, 0.5) is 0 Å². The van der Waals surface area contributed by atoms with Crippen LogP contribution < -0.4 is 0 Å². The van der Waals surface area contributed by atoms with Gasteiger partial charge in [-0.1, -0.05) is 70.2 Å². The molecule has 2 aromatic carbocycles. The van der Waals surface area contributed by atoms with Crippen LogP contribution in [0.5, 0.6) is 0 Å². The zero-order chi connectivity index (χ0) is 15.5. The van der Waals surface area contributed by atoms with Crippen LogP contribution >= 0.6 is 22.6 Å². The summed E-state index contributed by atoms with van der Waals surface area (Å²) < 4.78 is 1.31. The monoisotopic (exact) mass is 392 g/mol. The van der Waals surface area contributed by atoms with Crippen LogP contribution in [0, 0.1) is 8.99 Å². The lowest BCUT2D eigenvalue weighted by Crippen LogP contribution is -2.20. The summed E-state index contributed by atoms with van der Waals surface area (Å²) in [5, 5.41) is 0. The molecule has 21 heavy (non-hydrogen) atoms. The third-order valence-corrected chi connectivity index (χ3v) is 4.99. The average Bonchev–Trinajstić information content (AvgIpc) is 2.45. The lowest BCUT2D eigenvalue weighted by molar-refractivity contribution is 0.293. The van der Waals surface area contributed by atoms with Crippen LogP contribution in [-0.2, 0) is 0 Å². The summed E-state index contributed by atoms with van der Waals surface area (Å²) in [5.41, 5.74) is 3.18. The molecule has 0 N–H and O–H groups in total. The Morgan fingerprint density at radius 3 is 1.95 bits per heavy atom. The van der Waals surface area contributed by atoms with Gasteiger partial charge in [-0.25, -0.2) is 0 Å². The molecule has 0 nitrogen and oxygen atoms in total. The first-order valence-corrected chi connectivity index (χ1v) is 8.76. The largest absolute Gasteiger partial charge is 0.0622 e. The van der Waals surface area contributed by atoms with E-state index >= 15 is 0 Å². The van der Waals surface area contributed by atoms with Gasteiger partial charge in [0, 0.05) is 3.57 Å². The quantitative estimate of drug-likeness (QED) is 0.514. The maximum atomic E-state index is 2.38. The highest BCUT2D eigenvalue weighted by Crippen LogP contribution is 2.41. The molecule has 112 valence electrons. The zero-order valence-corrected chi connectivity index (χ0v) is 15.6. The normalized spacial score (nSPS) is 14.7. The molecule has 0 aliphatic heterocycles. The van der Waals surface area contributed by atoms with Gasteiger partial charge in [-0.2, -0.15) is 0 Å². The van der Waals surface area contributed by atoms with Gasteiger partial charge in [0.25, 0.3) is 0 Å². The van der Waals surface area contributed by atoms with Crippen LogP contribution in [0.15, 0.2) is 54.6 Å². The van der Waals surface area contributed by atoms with Gasteiger partial charge >= 0.3 is 0 Å². The molecule has 2 aromatic rings. The average molecular weight is 392 g/mol. The Labute approximate surface area is 143 Å². The van der Waals surface area contributed by atoms with Gasteiger partial charge in [0.05, 0.1) is 0 Å². The fourth-order valence-corrected chi connectivity index (χ4v) is 3.32. The molecule has 0 fully saturated rings. The Kier molecular flexibility index (Phi) is 5.48. The van der Waals surface area contributed by atoms with E-state index in [1.165, 1.54) is 21.1 Å². The second kappa shape index (κ2) is 6.95. The van der Waals surface area contributed by atoms with Gasteiger partial charge in [0.2, 0.25) is 0 Å². The molecule has 0 aliphatic carbocycles. The van der Waals surface area contributed by atoms with Crippen molar-refractivity contribution < 1.29 is 0 Å². The molecule has 0 aliphatic rings. The summed E-state index contributed by atoms with van der Waals surface area (Å²) in [4.78, 5) is 0. The van der Waals surface area contributed by atoms with Gasteiger partial charge in [-0.3, -0.25) is 0 Å². The van der Waals surface area contributed by atoms with Crippen molar-refractivity contribution in [3.63, 3.8) is 0 Å². The van der Waals surface area contributed by atoms with E-state index < -0.39 is 0 Å². The molecule has 0 spiro atoms. The Balaban J connectivity index is 2.24. The number of halogens is 1. The highest BCUT2D eigenvalue weighted by atomic mass is 127. The lowest BCUT2D eigenvalue weighted by atomic mass is 9.71. The van der Waals surface area contributed by atoms with Crippen LogP contribution in [-0.4, -0.2) is 0 Å². The minimum atomic E-state index is 0.274. The SMILES string of the molecule is CC(CC(c1ccc(I)cc1)C(C)(C)C)c1ccccc1. The van der Waals surface area contributed by atoms with E-state index in [1.54, 1.807) is 0 Å². The first-order valence-electron chi connectivity index (χ1n) is 7.68. The van der Waals surface area contributed by atoms with Crippen molar-refractivity contribution in [3.8, 4) is 0 Å². The molecule has 0 amide bonds. The van der Waals surface area contributed by atoms with Crippen molar-refractivity contribution in [2.24, 2.45) is 5.41 Å². The van der Waals surface area contributed by atoms with Crippen LogP contribution in [0.3, 0.4) is 0 Å². The van der Waals surface area contributed by atoms with E-state index in [2.05, 4.69) is 105 Å². The van der Waals surface area contributed by atoms with E-state index in [1.807, 2.05) is 0 Å². The predicted octanol–water partition coefficient (Wildman–Crippen LogP) is 6.61. The van der Waals surface area contributed by atoms with E-state index in [0.29, 0.717) is 11.8 Å². The molecule has 0 radical (unpaired) electrons. The van der Waals surface area contributed by atoms with Gasteiger partial charge in [-0.05, 0) is 69.5 Å². The summed E-state index contributed by atoms with van der Waals surface area (Å²) in [6, 6.07) is 19.9. The summed E-state index contributed by atoms with van der Waals surface area (Å²) in [7, 11) is 0. The minimum absolute atomic E-state index is 0.274. The van der Waals surface area contributed by atoms with Gasteiger partial charge in [-0.15, -0.1) is 0 Å². The van der Waals surface area contributed by atoms with E-state index in [9.17, 15) is 0 Å². The zero-order valence-electron chi connectivity index (χ0n) is 13.4. The third kappa shape index (κ3) is 4.57. The van der Waals surface area contributed by atoms with Crippen LogP contribution in [0.2, 0.25) is 0 Å². The first-order chi connectivity index (χ1) is 9.88. The van der Waals surface area contributed by atoms with E-state index in [-0.39, 0.29) is 5.41 Å². The fraction of sp³-hybridized carbons (Fsp3) is 0.400. The molecule has 1 heteroatoms. The van der Waals surface area contributed by atoms with Crippen molar-refractivity contribution in [1.82, 2.24) is 0 Å². The van der Waals surface area contributed by atoms with Crippen molar-refractivity contribution in [2.75, 3.05) is 0 Å². The smallest absolute Gasteiger partial charge is 0.0130 e. The summed E-state index contributed by atoms with van der Waals surface area (Å²) in [6.45, 7) is 9.41. The van der Waals surface area contributed by atoms with Crippen LogP contribution in [0.25, 0.3) is 0 Å². The summed E-state index contributed by atoms with van der Waals surface area (Å²) >= 11 is 2.38. The maximum Gasteiger partial charge on any atom is 0.0130 e. The topological polar surface area (TPSA) is 0 Å². The summed E-state index contributed by atoms with van der Waals surface area (Å²) in [6.07, 6.45) is 1.19. The molecule has 0 aromatic heterocycles. The highest BCUT2D eigenvalue weighted by Gasteiger charge is 2.28. The van der Waals surface area contributed by atoms with Gasteiger partial charge in [0.15, 0.2) is 0 Å². The Hall–Kier alpha value is -0.830. The Morgan fingerprint density at radius 1 is 0.857 bits per heavy atom. The van der Waals surface area contributed by atoms with E-state index in [4.69, 9.17) is 0 Å². The molecule has 0 bridgehead atoms. The molecule has 0 heterocycles. The number of hydrogen-bond acceptors (Lipinski definition) is 0. The second-order valence-corrected chi connectivity index (χ2v) is 8.26. The number of hydrogen-bond donors (Lipinski definition) is 0. The Morgan fingerprint density at radius 2 is 1.43 bits per heavy atom. The molecule has 2 rings (SSSR count). The summed E-state index contributed by atoms with van der Waals surface area (Å²) in [5.74, 6) is 1.15. The van der Waals surface area contributed by atoms with Crippen molar-refractivity contribution in [1.29, 1.82) is 0 Å². The van der Waals surface area contributed by atoms with Gasteiger partial charge in [0.1, 0.15) is 0 Å². The Bertz CT molecular complexity index is 549. The molecule has 2 unspecified atom stereocenters. The van der Waals surface area contributed by atoms with E-state index in [0.717, 1.165) is 0 Å². The first kappa shape index (κ1) is 16.5. The highest BCUT2D eigenvalue weighted by molar-refractivity contribution is 14.1. The predicted molar refractivity (Wildman–Crippen MR) is 101 cm³/mol. The maximum absolute atomic E-state index is 2.38. The van der Waals surface area contributed by atoms with Crippen LogP contribution in [0.1, 0.15) is 57.1 Å². The third-order valence-electron chi connectivity index (χ3n) is 4.28.